The van der Waals surface area contributed by atoms with E-state index in [1.54, 1.807) is 24.3 Å². The van der Waals surface area contributed by atoms with E-state index in [1.165, 1.54) is 23.9 Å². The third-order valence-corrected chi connectivity index (χ3v) is 4.74. The van der Waals surface area contributed by atoms with Crippen LogP contribution in [0.15, 0.2) is 41.6 Å². The van der Waals surface area contributed by atoms with E-state index in [9.17, 15) is 9.59 Å². The fourth-order valence-corrected chi connectivity index (χ4v) is 3.25. The summed E-state index contributed by atoms with van der Waals surface area (Å²) in [7, 11) is 0. The highest BCUT2D eigenvalue weighted by Crippen LogP contribution is 2.30. The van der Waals surface area contributed by atoms with E-state index >= 15 is 0 Å². The van der Waals surface area contributed by atoms with Crippen LogP contribution in [-0.2, 0) is 4.79 Å². The maximum absolute atomic E-state index is 12.1. The Morgan fingerprint density at radius 1 is 1.30 bits per heavy atom. The number of hydrogen-bond acceptors (Lipinski definition) is 5. The van der Waals surface area contributed by atoms with Crippen molar-refractivity contribution in [2.24, 2.45) is 0 Å². The number of amides is 1. The van der Waals surface area contributed by atoms with Crippen molar-refractivity contribution in [3.63, 3.8) is 0 Å². The van der Waals surface area contributed by atoms with Crippen molar-refractivity contribution >= 4 is 52.0 Å². The molecule has 0 saturated heterocycles. The molecule has 9 heteroatoms. The van der Waals surface area contributed by atoms with E-state index in [2.05, 4.69) is 15.3 Å². The number of carboxylic acids is 1. The van der Waals surface area contributed by atoms with Crippen molar-refractivity contribution < 1.29 is 19.4 Å². The van der Waals surface area contributed by atoms with Gasteiger partial charge < -0.3 is 20.1 Å². The number of H-pyrrole nitrogens is 1. The minimum Gasteiger partial charge on any atom is -0.492 e. The van der Waals surface area contributed by atoms with Crippen LogP contribution in [0.1, 0.15) is 17.3 Å². The van der Waals surface area contributed by atoms with Gasteiger partial charge in [0.15, 0.2) is 5.16 Å². The van der Waals surface area contributed by atoms with Crippen molar-refractivity contribution in [2.45, 2.75) is 12.1 Å². The summed E-state index contributed by atoms with van der Waals surface area (Å²) >= 11 is 7.41. The normalized spacial score (nSPS) is 10.7. The zero-order valence-corrected chi connectivity index (χ0v) is 15.9. The molecule has 1 heterocycles. The van der Waals surface area contributed by atoms with Crippen LogP contribution in [0.2, 0.25) is 5.02 Å². The van der Waals surface area contributed by atoms with Gasteiger partial charge >= 0.3 is 5.97 Å². The molecular weight excluding hydrogens is 390 g/mol. The van der Waals surface area contributed by atoms with Crippen LogP contribution in [0.4, 0.5) is 5.69 Å². The molecule has 0 aliphatic carbocycles. The number of aromatic nitrogens is 2. The lowest BCUT2D eigenvalue weighted by atomic mass is 10.2. The maximum Gasteiger partial charge on any atom is 0.335 e. The number of carbonyl (C=O) groups is 2. The van der Waals surface area contributed by atoms with Crippen molar-refractivity contribution in [1.29, 1.82) is 0 Å². The molecule has 0 aliphatic heterocycles. The van der Waals surface area contributed by atoms with Gasteiger partial charge in [-0.1, -0.05) is 23.4 Å². The van der Waals surface area contributed by atoms with Crippen LogP contribution < -0.4 is 10.1 Å². The van der Waals surface area contributed by atoms with Gasteiger partial charge in [0.1, 0.15) is 5.75 Å². The zero-order valence-electron chi connectivity index (χ0n) is 14.3. The number of aromatic carboxylic acids is 1. The Hall–Kier alpha value is -2.71. The summed E-state index contributed by atoms with van der Waals surface area (Å²) in [6.45, 7) is 2.38. The number of rotatable bonds is 7. The second kappa shape index (κ2) is 8.32. The number of benzene rings is 2. The first-order valence-electron chi connectivity index (χ1n) is 8.04. The lowest BCUT2D eigenvalue weighted by Gasteiger charge is -2.04. The SMILES string of the molecule is CCOc1cc2nc(SCC(=O)Nc3ccc(C(=O)O)cc3)[nH]c2cc1Cl. The second-order valence-electron chi connectivity index (χ2n) is 5.49. The molecule has 0 bridgehead atoms. The molecule has 0 radical (unpaired) electrons. The van der Waals surface area contributed by atoms with Gasteiger partial charge in [-0.25, -0.2) is 9.78 Å². The van der Waals surface area contributed by atoms with E-state index in [0.717, 1.165) is 5.52 Å². The first-order valence-corrected chi connectivity index (χ1v) is 9.40. The number of fused-ring (bicyclic) bond motifs is 1. The van der Waals surface area contributed by atoms with Crippen molar-refractivity contribution in [2.75, 3.05) is 17.7 Å². The van der Waals surface area contributed by atoms with E-state index in [1.807, 2.05) is 6.92 Å². The summed E-state index contributed by atoms with van der Waals surface area (Å²) < 4.78 is 5.45. The molecule has 3 aromatic rings. The molecule has 2 aromatic carbocycles. The van der Waals surface area contributed by atoms with Crippen LogP contribution in [0.25, 0.3) is 11.0 Å². The minimum absolute atomic E-state index is 0.145. The molecule has 27 heavy (non-hydrogen) atoms. The molecular formula is C18H16ClN3O4S. The minimum atomic E-state index is -1.01. The lowest BCUT2D eigenvalue weighted by molar-refractivity contribution is -0.113. The third-order valence-electron chi connectivity index (χ3n) is 3.57. The molecule has 7 nitrogen and oxygen atoms in total. The predicted molar refractivity (Wildman–Crippen MR) is 105 cm³/mol. The molecule has 1 amide bonds. The highest BCUT2D eigenvalue weighted by atomic mass is 35.5. The van der Waals surface area contributed by atoms with E-state index in [4.69, 9.17) is 21.4 Å². The highest BCUT2D eigenvalue weighted by Gasteiger charge is 2.11. The smallest absolute Gasteiger partial charge is 0.335 e. The topological polar surface area (TPSA) is 104 Å². The second-order valence-corrected chi connectivity index (χ2v) is 6.87. The van der Waals surface area contributed by atoms with Gasteiger partial charge in [-0.15, -0.1) is 0 Å². The van der Waals surface area contributed by atoms with E-state index in [-0.39, 0.29) is 17.2 Å². The monoisotopic (exact) mass is 405 g/mol. The Kier molecular flexibility index (Phi) is 5.88. The van der Waals surface area contributed by atoms with Gasteiger partial charge in [-0.2, -0.15) is 0 Å². The first-order chi connectivity index (χ1) is 13.0. The molecule has 0 saturated carbocycles. The summed E-state index contributed by atoms with van der Waals surface area (Å²) in [5.41, 5.74) is 2.16. The predicted octanol–water partition coefficient (Wildman–Crippen LogP) is 4.04. The Labute approximate surface area is 164 Å². The number of thioether (sulfide) groups is 1. The average molecular weight is 406 g/mol. The van der Waals surface area contributed by atoms with Crippen LogP contribution in [0.5, 0.6) is 5.75 Å². The summed E-state index contributed by atoms with van der Waals surface area (Å²) in [6.07, 6.45) is 0. The van der Waals surface area contributed by atoms with Crippen LogP contribution in [-0.4, -0.2) is 39.3 Å². The Morgan fingerprint density at radius 2 is 2.04 bits per heavy atom. The van der Waals surface area contributed by atoms with Crippen LogP contribution in [0, 0.1) is 0 Å². The van der Waals surface area contributed by atoms with Gasteiger partial charge in [0.05, 0.1) is 34.0 Å². The summed E-state index contributed by atoms with van der Waals surface area (Å²) in [6, 6.07) is 9.46. The number of hydrogen-bond donors (Lipinski definition) is 3. The summed E-state index contributed by atoms with van der Waals surface area (Å²) in [4.78, 5) is 30.5. The number of nitrogens with zero attached hydrogens (tertiary/aromatic N) is 1. The molecule has 3 N–H and O–H groups in total. The van der Waals surface area contributed by atoms with Gasteiger partial charge in [0.2, 0.25) is 5.91 Å². The molecule has 0 spiro atoms. The molecule has 1 aromatic heterocycles. The fraction of sp³-hybridized carbons (Fsp3) is 0.167. The largest absolute Gasteiger partial charge is 0.492 e. The number of nitrogens with one attached hydrogen (secondary N) is 2. The van der Waals surface area contributed by atoms with Crippen molar-refractivity contribution in [1.82, 2.24) is 9.97 Å². The first kappa shape index (κ1) is 19.1. The number of halogens is 1. The highest BCUT2D eigenvalue weighted by molar-refractivity contribution is 7.99. The Balaban J connectivity index is 1.62. The number of carboxylic acid groups (broad SMARTS) is 1. The van der Waals surface area contributed by atoms with E-state index in [0.29, 0.717) is 33.7 Å². The Morgan fingerprint density at radius 3 is 2.70 bits per heavy atom. The van der Waals surface area contributed by atoms with Gasteiger partial charge in [0.25, 0.3) is 0 Å². The quantitative estimate of drug-likeness (QED) is 0.512. The van der Waals surface area contributed by atoms with Crippen molar-refractivity contribution in [3.05, 3.63) is 47.0 Å². The standard InChI is InChI=1S/C18H16ClN3O4S/c1-2-26-15-8-14-13(7-12(15)19)21-18(22-14)27-9-16(23)20-11-5-3-10(4-6-11)17(24)25/h3-8H,2,9H2,1H3,(H,20,23)(H,21,22)(H,24,25). The van der Waals surface area contributed by atoms with Gasteiger partial charge in [-0.05, 0) is 37.3 Å². The number of aromatic amines is 1. The third kappa shape index (κ3) is 4.72. The number of anilines is 1. The fourth-order valence-electron chi connectivity index (χ4n) is 2.35. The summed E-state index contributed by atoms with van der Waals surface area (Å²) in [5, 5.41) is 12.7. The van der Waals surface area contributed by atoms with Crippen molar-refractivity contribution in [3.8, 4) is 5.75 Å². The molecule has 3 rings (SSSR count). The molecule has 0 unspecified atom stereocenters. The zero-order chi connectivity index (χ0) is 19.4. The van der Waals surface area contributed by atoms with E-state index < -0.39 is 5.97 Å². The molecule has 0 atom stereocenters. The summed E-state index contributed by atoms with van der Waals surface area (Å²) in [5.74, 6) is -0.526. The molecule has 0 aliphatic rings. The number of carbonyl (C=O) groups excluding carboxylic acids is 1. The average Bonchev–Trinajstić information content (AvgIpc) is 3.02. The maximum atomic E-state index is 12.1. The number of imidazole rings is 1. The molecule has 140 valence electrons. The number of ether oxygens (including phenoxy) is 1. The lowest BCUT2D eigenvalue weighted by Crippen LogP contribution is -2.14. The molecule has 0 fully saturated rings. The Bertz CT molecular complexity index is 988. The van der Waals surface area contributed by atoms with Gasteiger partial charge in [-0.3, -0.25) is 4.79 Å². The van der Waals surface area contributed by atoms with Crippen LogP contribution >= 0.6 is 23.4 Å². The van der Waals surface area contributed by atoms with Crippen LogP contribution in [0.3, 0.4) is 0 Å². The van der Waals surface area contributed by atoms with Gasteiger partial charge in [0, 0.05) is 11.8 Å².